The van der Waals surface area contributed by atoms with E-state index in [4.69, 9.17) is 0 Å². The van der Waals surface area contributed by atoms with Crippen molar-refractivity contribution >= 4 is 5.71 Å². The summed E-state index contributed by atoms with van der Waals surface area (Å²) >= 11 is 0. The fraction of sp³-hybridized carbons (Fsp3) is 0.0952. The second kappa shape index (κ2) is 5.73. The van der Waals surface area contributed by atoms with E-state index in [9.17, 15) is 5.21 Å². The first-order valence-electron chi connectivity index (χ1n) is 7.81. The van der Waals surface area contributed by atoms with Crippen molar-refractivity contribution in [1.82, 2.24) is 0 Å². The SMILES string of the molecule is ON=C(c1ccccc1)C1c2ccccc2Cc2ccccc21. The van der Waals surface area contributed by atoms with Crippen molar-refractivity contribution in [3.63, 3.8) is 0 Å². The van der Waals surface area contributed by atoms with Gasteiger partial charge < -0.3 is 5.21 Å². The molecule has 0 aromatic heterocycles. The summed E-state index contributed by atoms with van der Waals surface area (Å²) in [6.45, 7) is 0. The van der Waals surface area contributed by atoms with E-state index in [2.05, 4.69) is 53.7 Å². The van der Waals surface area contributed by atoms with Crippen LogP contribution in [0, 0.1) is 0 Å². The minimum absolute atomic E-state index is 0.0384. The van der Waals surface area contributed by atoms with Crippen LogP contribution in [0.1, 0.15) is 33.7 Å². The topological polar surface area (TPSA) is 32.6 Å². The van der Waals surface area contributed by atoms with Crippen LogP contribution in [0.15, 0.2) is 84.0 Å². The van der Waals surface area contributed by atoms with Gasteiger partial charge in [0.1, 0.15) is 0 Å². The van der Waals surface area contributed by atoms with Gasteiger partial charge in [0.25, 0.3) is 0 Å². The maximum atomic E-state index is 9.77. The fourth-order valence-electron chi connectivity index (χ4n) is 3.51. The second-order valence-electron chi connectivity index (χ2n) is 5.86. The van der Waals surface area contributed by atoms with Gasteiger partial charge in [-0.2, -0.15) is 0 Å². The molecule has 0 fully saturated rings. The third-order valence-corrected chi connectivity index (χ3v) is 4.56. The number of hydrogen-bond acceptors (Lipinski definition) is 2. The molecule has 1 aliphatic rings. The zero-order chi connectivity index (χ0) is 15.6. The highest BCUT2D eigenvalue weighted by Crippen LogP contribution is 2.38. The predicted octanol–water partition coefficient (Wildman–Crippen LogP) is 4.60. The number of rotatable bonds is 2. The highest BCUT2D eigenvalue weighted by atomic mass is 16.4. The predicted molar refractivity (Wildman–Crippen MR) is 92.3 cm³/mol. The molecule has 0 atom stereocenters. The molecule has 2 nitrogen and oxygen atoms in total. The van der Waals surface area contributed by atoms with E-state index in [1.165, 1.54) is 22.3 Å². The van der Waals surface area contributed by atoms with Gasteiger partial charge in [0.05, 0.1) is 11.6 Å². The largest absolute Gasteiger partial charge is 0.411 e. The molecule has 2 heteroatoms. The van der Waals surface area contributed by atoms with Crippen LogP contribution < -0.4 is 0 Å². The molecule has 0 unspecified atom stereocenters. The fourth-order valence-corrected chi connectivity index (χ4v) is 3.51. The molecule has 0 bridgehead atoms. The Morgan fingerprint density at radius 2 is 1.26 bits per heavy atom. The van der Waals surface area contributed by atoms with Gasteiger partial charge in [-0.25, -0.2) is 0 Å². The molecule has 0 radical (unpaired) electrons. The van der Waals surface area contributed by atoms with Crippen molar-refractivity contribution in [2.24, 2.45) is 5.16 Å². The van der Waals surface area contributed by atoms with Crippen molar-refractivity contribution < 1.29 is 5.21 Å². The Hall–Kier alpha value is -2.87. The van der Waals surface area contributed by atoms with Gasteiger partial charge in [-0.3, -0.25) is 0 Å². The minimum Gasteiger partial charge on any atom is -0.411 e. The molecule has 112 valence electrons. The molecule has 1 N–H and O–H groups in total. The highest BCUT2D eigenvalue weighted by Gasteiger charge is 2.30. The monoisotopic (exact) mass is 299 g/mol. The van der Waals surface area contributed by atoms with Gasteiger partial charge >= 0.3 is 0 Å². The van der Waals surface area contributed by atoms with E-state index in [1.54, 1.807) is 0 Å². The van der Waals surface area contributed by atoms with E-state index >= 15 is 0 Å². The Labute approximate surface area is 135 Å². The first-order valence-corrected chi connectivity index (χ1v) is 7.81. The normalized spacial score (nSPS) is 14.2. The molecule has 3 aromatic rings. The average molecular weight is 299 g/mol. The minimum atomic E-state index is -0.0384. The lowest BCUT2D eigenvalue weighted by molar-refractivity contribution is 0.317. The van der Waals surface area contributed by atoms with E-state index in [-0.39, 0.29) is 5.92 Å². The highest BCUT2D eigenvalue weighted by molar-refractivity contribution is 6.07. The maximum absolute atomic E-state index is 9.77. The van der Waals surface area contributed by atoms with E-state index < -0.39 is 0 Å². The smallest absolute Gasteiger partial charge is 0.0986 e. The number of benzene rings is 3. The van der Waals surface area contributed by atoms with Crippen LogP contribution in [0.4, 0.5) is 0 Å². The van der Waals surface area contributed by atoms with Gasteiger partial charge in [0, 0.05) is 5.56 Å². The van der Waals surface area contributed by atoms with E-state index in [1.807, 2.05) is 30.3 Å². The maximum Gasteiger partial charge on any atom is 0.0986 e. The Morgan fingerprint density at radius 3 is 1.83 bits per heavy atom. The summed E-state index contributed by atoms with van der Waals surface area (Å²) in [6, 6.07) is 26.8. The number of nitrogens with zero attached hydrogens (tertiary/aromatic N) is 1. The van der Waals surface area contributed by atoms with Crippen molar-refractivity contribution in [1.29, 1.82) is 0 Å². The number of oxime groups is 1. The van der Waals surface area contributed by atoms with Crippen LogP contribution in [0.5, 0.6) is 0 Å². The Bertz CT molecular complexity index is 822. The van der Waals surface area contributed by atoms with Gasteiger partial charge in [-0.15, -0.1) is 0 Å². The summed E-state index contributed by atoms with van der Waals surface area (Å²) in [4.78, 5) is 0. The quantitative estimate of drug-likeness (QED) is 0.418. The summed E-state index contributed by atoms with van der Waals surface area (Å²) in [5.41, 5.74) is 6.70. The lowest BCUT2D eigenvalue weighted by atomic mass is 9.74. The lowest BCUT2D eigenvalue weighted by Crippen LogP contribution is -2.22. The third-order valence-electron chi connectivity index (χ3n) is 4.56. The molecule has 4 rings (SSSR count). The van der Waals surface area contributed by atoms with Crippen LogP contribution >= 0.6 is 0 Å². The van der Waals surface area contributed by atoms with Crippen molar-refractivity contribution in [3.8, 4) is 0 Å². The van der Waals surface area contributed by atoms with Gasteiger partial charge in [-0.05, 0) is 28.7 Å². The Morgan fingerprint density at radius 1 is 0.739 bits per heavy atom. The summed E-state index contributed by atoms with van der Waals surface area (Å²) < 4.78 is 0. The van der Waals surface area contributed by atoms with Crippen LogP contribution in [-0.2, 0) is 6.42 Å². The molecule has 0 spiro atoms. The number of hydrogen-bond donors (Lipinski definition) is 1. The van der Waals surface area contributed by atoms with Crippen molar-refractivity contribution in [2.45, 2.75) is 12.3 Å². The summed E-state index contributed by atoms with van der Waals surface area (Å²) in [7, 11) is 0. The van der Waals surface area contributed by atoms with Crippen molar-refractivity contribution in [2.75, 3.05) is 0 Å². The first-order chi connectivity index (χ1) is 11.4. The van der Waals surface area contributed by atoms with Gasteiger partial charge in [0.2, 0.25) is 0 Å². The second-order valence-corrected chi connectivity index (χ2v) is 5.86. The van der Waals surface area contributed by atoms with Crippen LogP contribution in [-0.4, -0.2) is 10.9 Å². The molecular weight excluding hydrogens is 282 g/mol. The molecule has 0 heterocycles. The van der Waals surface area contributed by atoms with Crippen LogP contribution in [0.25, 0.3) is 0 Å². The van der Waals surface area contributed by atoms with Gasteiger partial charge in [-0.1, -0.05) is 84.0 Å². The van der Waals surface area contributed by atoms with Crippen molar-refractivity contribution in [3.05, 3.63) is 107 Å². The Balaban J connectivity index is 1.94. The molecule has 0 aliphatic heterocycles. The zero-order valence-electron chi connectivity index (χ0n) is 12.7. The summed E-state index contributed by atoms with van der Waals surface area (Å²) in [6.07, 6.45) is 0.927. The Kier molecular flexibility index (Phi) is 3.43. The molecule has 1 aliphatic carbocycles. The average Bonchev–Trinajstić information content (AvgIpc) is 2.62. The third kappa shape index (κ3) is 2.33. The molecule has 0 amide bonds. The molecule has 3 aromatic carbocycles. The zero-order valence-corrected chi connectivity index (χ0v) is 12.7. The van der Waals surface area contributed by atoms with E-state index in [0.29, 0.717) is 5.71 Å². The van der Waals surface area contributed by atoms with E-state index in [0.717, 1.165) is 12.0 Å². The molecular formula is C21H17NO. The first kappa shape index (κ1) is 13.8. The lowest BCUT2D eigenvalue weighted by Gasteiger charge is -2.29. The summed E-state index contributed by atoms with van der Waals surface area (Å²) in [5, 5.41) is 13.5. The summed E-state index contributed by atoms with van der Waals surface area (Å²) in [5.74, 6) is -0.0384. The standard InChI is InChI=1S/C21H17NO/c23-22-21(15-8-2-1-3-9-15)20-18-12-6-4-10-16(18)14-17-11-5-7-13-19(17)20/h1-13,20,23H,14H2. The van der Waals surface area contributed by atoms with Gasteiger partial charge in [0.15, 0.2) is 0 Å². The molecule has 0 saturated heterocycles. The molecule has 0 saturated carbocycles. The number of fused-ring (bicyclic) bond motifs is 2. The molecule has 23 heavy (non-hydrogen) atoms. The van der Waals surface area contributed by atoms with Crippen LogP contribution in [0.2, 0.25) is 0 Å². The van der Waals surface area contributed by atoms with Crippen LogP contribution in [0.3, 0.4) is 0 Å².